The average Bonchev–Trinajstić information content (AvgIpc) is 3.14. The Balaban J connectivity index is 1.87. The first kappa shape index (κ1) is 20.3. The van der Waals surface area contributed by atoms with Crippen LogP contribution in [0.25, 0.3) is 11.4 Å². The fourth-order valence-electron chi connectivity index (χ4n) is 2.68. The summed E-state index contributed by atoms with van der Waals surface area (Å²) >= 11 is 0. The molecule has 0 aliphatic rings. The molecule has 0 fully saturated rings. The molecule has 1 aromatic heterocycles. The average molecular weight is 416 g/mol. The highest BCUT2D eigenvalue weighted by Crippen LogP contribution is 2.31. The van der Waals surface area contributed by atoms with Gasteiger partial charge in [-0.1, -0.05) is 6.07 Å². The predicted octanol–water partition coefficient (Wildman–Crippen LogP) is 2.45. The largest absolute Gasteiger partial charge is 0.497 e. The minimum atomic E-state index is -3.44. The van der Waals surface area contributed by atoms with Gasteiger partial charge < -0.3 is 9.47 Å². The third-order valence-corrected chi connectivity index (χ3v) is 5.37. The van der Waals surface area contributed by atoms with Gasteiger partial charge in [-0.25, -0.2) is 8.42 Å². The summed E-state index contributed by atoms with van der Waals surface area (Å²) in [5.74, 6) is 1.07. The predicted molar refractivity (Wildman–Crippen MR) is 107 cm³/mol. The van der Waals surface area contributed by atoms with Gasteiger partial charge in [0.15, 0.2) is 15.7 Å². The number of hydrogen-bond donors (Lipinski definition) is 2. The zero-order valence-electron chi connectivity index (χ0n) is 16.3. The molecule has 3 aromatic rings. The van der Waals surface area contributed by atoms with Crippen molar-refractivity contribution in [2.24, 2.45) is 0 Å². The first-order chi connectivity index (χ1) is 13.7. The van der Waals surface area contributed by atoms with Gasteiger partial charge in [-0.2, -0.15) is 4.98 Å². The molecule has 1 amide bonds. The molecular formula is C19H20N4O5S. The van der Waals surface area contributed by atoms with Crippen molar-refractivity contribution < 1.29 is 22.7 Å². The lowest BCUT2D eigenvalue weighted by Crippen LogP contribution is -2.15. The standard InChI is InChI=1S/C19H20N4O5S/c1-11-5-7-13(29(4,25)26)10-15(11)18(24)21-19-20-17(22-23-19)14-8-6-12(27-2)9-16(14)28-3/h5-10H,1-4H3,(H2,20,21,22,23,24). The normalized spacial score (nSPS) is 11.2. The van der Waals surface area contributed by atoms with Crippen LogP contribution in [0, 0.1) is 6.92 Å². The lowest BCUT2D eigenvalue weighted by atomic mass is 10.1. The Bertz CT molecular complexity index is 1170. The molecule has 2 aromatic carbocycles. The number of anilines is 1. The molecule has 0 unspecified atom stereocenters. The number of hydrogen-bond acceptors (Lipinski definition) is 7. The molecule has 10 heteroatoms. The van der Waals surface area contributed by atoms with E-state index in [4.69, 9.17) is 9.47 Å². The number of amides is 1. The van der Waals surface area contributed by atoms with Crippen LogP contribution in [-0.4, -0.2) is 50.0 Å². The van der Waals surface area contributed by atoms with E-state index < -0.39 is 15.7 Å². The van der Waals surface area contributed by atoms with Crippen molar-refractivity contribution in [3.63, 3.8) is 0 Å². The summed E-state index contributed by atoms with van der Waals surface area (Å²) in [5.41, 5.74) is 1.49. The number of sulfone groups is 1. The molecule has 0 bridgehead atoms. The fourth-order valence-corrected chi connectivity index (χ4v) is 3.32. The maximum absolute atomic E-state index is 12.6. The summed E-state index contributed by atoms with van der Waals surface area (Å²) in [6.45, 7) is 1.71. The van der Waals surface area contributed by atoms with Crippen molar-refractivity contribution in [2.75, 3.05) is 25.8 Å². The van der Waals surface area contributed by atoms with Gasteiger partial charge >= 0.3 is 0 Å². The van der Waals surface area contributed by atoms with E-state index in [1.165, 1.54) is 19.2 Å². The van der Waals surface area contributed by atoms with Gasteiger partial charge in [0.2, 0.25) is 5.95 Å². The zero-order chi connectivity index (χ0) is 21.2. The third-order valence-electron chi connectivity index (χ3n) is 4.26. The lowest BCUT2D eigenvalue weighted by Gasteiger charge is -2.08. The number of carbonyl (C=O) groups excluding carboxylic acids is 1. The summed E-state index contributed by atoms with van der Waals surface area (Å²) in [7, 11) is -0.360. The molecule has 9 nitrogen and oxygen atoms in total. The second-order valence-electron chi connectivity index (χ2n) is 6.28. The molecular weight excluding hydrogens is 396 g/mol. The number of H-pyrrole nitrogens is 1. The Morgan fingerprint density at radius 3 is 2.52 bits per heavy atom. The molecule has 0 aliphatic heterocycles. The number of aromatic nitrogens is 3. The van der Waals surface area contributed by atoms with Crippen molar-refractivity contribution >= 4 is 21.7 Å². The van der Waals surface area contributed by atoms with Gasteiger partial charge in [-0.3, -0.25) is 15.2 Å². The van der Waals surface area contributed by atoms with Crippen molar-refractivity contribution in [1.82, 2.24) is 15.2 Å². The fraction of sp³-hybridized carbons (Fsp3) is 0.211. The number of aromatic amines is 1. The SMILES string of the molecule is COc1ccc(-c2nc(NC(=O)c3cc(S(C)(=O)=O)ccc3C)n[nH]2)c(OC)c1. The highest BCUT2D eigenvalue weighted by Gasteiger charge is 2.17. The highest BCUT2D eigenvalue weighted by atomic mass is 32.2. The number of carbonyl (C=O) groups is 1. The van der Waals surface area contributed by atoms with Crippen LogP contribution in [0.2, 0.25) is 0 Å². The smallest absolute Gasteiger partial charge is 0.258 e. The van der Waals surface area contributed by atoms with Gasteiger partial charge in [0, 0.05) is 17.9 Å². The minimum Gasteiger partial charge on any atom is -0.497 e. The third kappa shape index (κ3) is 4.37. The van der Waals surface area contributed by atoms with Crippen LogP contribution < -0.4 is 14.8 Å². The van der Waals surface area contributed by atoms with Gasteiger partial charge in [0.05, 0.1) is 24.7 Å². The van der Waals surface area contributed by atoms with E-state index >= 15 is 0 Å². The van der Waals surface area contributed by atoms with Crippen LogP contribution in [0.4, 0.5) is 5.95 Å². The number of aryl methyl sites for hydroxylation is 1. The van der Waals surface area contributed by atoms with E-state index in [2.05, 4.69) is 20.5 Å². The van der Waals surface area contributed by atoms with Crippen molar-refractivity contribution in [1.29, 1.82) is 0 Å². The van der Waals surface area contributed by atoms with Crippen LogP contribution in [0.3, 0.4) is 0 Å². The summed E-state index contributed by atoms with van der Waals surface area (Å²) in [6.07, 6.45) is 1.09. The van der Waals surface area contributed by atoms with Crippen LogP contribution in [0.15, 0.2) is 41.3 Å². The number of nitrogens with zero attached hydrogens (tertiary/aromatic N) is 2. The van der Waals surface area contributed by atoms with Gasteiger partial charge in [-0.05, 0) is 36.8 Å². The maximum atomic E-state index is 12.6. The second kappa shape index (κ2) is 7.92. The van der Waals surface area contributed by atoms with E-state index in [1.807, 2.05) is 0 Å². The van der Waals surface area contributed by atoms with Crippen LogP contribution >= 0.6 is 0 Å². The summed E-state index contributed by atoms with van der Waals surface area (Å²) in [6, 6.07) is 9.58. The Morgan fingerprint density at radius 1 is 1.10 bits per heavy atom. The number of rotatable bonds is 6. The molecule has 0 spiro atoms. The summed E-state index contributed by atoms with van der Waals surface area (Å²) < 4.78 is 34.0. The molecule has 0 saturated carbocycles. The molecule has 152 valence electrons. The molecule has 2 N–H and O–H groups in total. The Hall–Kier alpha value is -3.40. The molecule has 1 heterocycles. The topological polar surface area (TPSA) is 123 Å². The quantitative estimate of drug-likeness (QED) is 0.632. The Labute approximate surface area is 168 Å². The number of benzene rings is 2. The summed E-state index contributed by atoms with van der Waals surface area (Å²) in [5, 5.41) is 9.33. The monoisotopic (exact) mass is 416 g/mol. The number of nitrogens with one attached hydrogen (secondary N) is 2. The zero-order valence-corrected chi connectivity index (χ0v) is 17.1. The summed E-state index contributed by atoms with van der Waals surface area (Å²) in [4.78, 5) is 17.0. The van der Waals surface area contributed by atoms with Crippen molar-refractivity contribution in [3.8, 4) is 22.9 Å². The van der Waals surface area contributed by atoms with E-state index in [9.17, 15) is 13.2 Å². The Morgan fingerprint density at radius 2 is 1.86 bits per heavy atom. The highest BCUT2D eigenvalue weighted by molar-refractivity contribution is 7.90. The maximum Gasteiger partial charge on any atom is 0.258 e. The van der Waals surface area contributed by atoms with E-state index in [1.54, 1.807) is 38.3 Å². The molecule has 0 aliphatic carbocycles. The van der Waals surface area contributed by atoms with E-state index in [0.29, 0.717) is 28.5 Å². The molecule has 0 atom stereocenters. The van der Waals surface area contributed by atoms with Gasteiger partial charge in [-0.15, -0.1) is 5.10 Å². The van der Waals surface area contributed by atoms with Crippen molar-refractivity contribution in [2.45, 2.75) is 11.8 Å². The Kier molecular flexibility index (Phi) is 5.55. The van der Waals surface area contributed by atoms with Crippen LogP contribution in [0.1, 0.15) is 15.9 Å². The van der Waals surface area contributed by atoms with Crippen LogP contribution in [-0.2, 0) is 9.84 Å². The van der Waals surface area contributed by atoms with Crippen molar-refractivity contribution in [3.05, 3.63) is 47.5 Å². The first-order valence-corrected chi connectivity index (χ1v) is 10.4. The molecule has 29 heavy (non-hydrogen) atoms. The van der Waals surface area contributed by atoms with E-state index in [0.717, 1.165) is 6.26 Å². The number of ether oxygens (including phenoxy) is 2. The lowest BCUT2D eigenvalue weighted by molar-refractivity contribution is 0.102. The number of methoxy groups -OCH3 is 2. The van der Waals surface area contributed by atoms with Crippen LogP contribution in [0.5, 0.6) is 11.5 Å². The molecule has 3 rings (SSSR count). The molecule has 0 saturated heterocycles. The van der Waals surface area contributed by atoms with Gasteiger partial charge in [0.25, 0.3) is 5.91 Å². The molecule has 0 radical (unpaired) electrons. The van der Waals surface area contributed by atoms with E-state index in [-0.39, 0.29) is 16.4 Å². The first-order valence-electron chi connectivity index (χ1n) is 8.50. The minimum absolute atomic E-state index is 0.0482. The second-order valence-corrected chi connectivity index (χ2v) is 8.29. The van der Waals surface area contributed by atoms with Gasteiger partial charge in [0.1, 0.15) is 11.5 Å².